The van der Waals surface area contributed by atoms with Gasteiger partial charge in [0.1, 0.15) is 0 Å². The average molecular weight is 202 g/mol. The number of hydrogen-bond donors (Lipinski definition) is 0. The van der Waals surface area contributed by atoms with Crippen LogP contribution in [0, 0.1) is 11.3 Å². The van der Waals surface area contributed by atoms with Crippen molar-refractivity contribution in [3.05, 3.63) is 20.8 Å². The summed E-state index contributed by atoms with van der Waals surface area (Å²) in [6.45, 7) is 0. The molecule has 0 aliphatic heterocycles. The highest BCUT2D eigenvalue weighted by Crippen LogP contribution is 2.23. The molecule has 1 aromatic rings. The molecule has 0 atom stereocenters. The van der Waals surface area contributed by atoms with Crippen molar-refractivity contribution in [2.75, 3.05) is 0 Å². The van der Waals surface area contributed by atoms with E-state index in [0.717, 1.165) is 9.35 Å². The maximum absolute atomic E-state index is 8.30. The van der Waals surface area contributed by atoms with E-state index in [4.69, 9.17) is 5.26 Å². The van der Waals surface area contributed by atoms with Gasteiger partial charge in [-0.3, -0.25) is 0 Å². The van der Waals surface area contributed by atoms with Gasteiger partial charge in [0, 0.05) is 0 Å². The van der Waals surface area contributed by atoms with Gasteiger partial charge in [-0.25, -0.2) is 0 Å². The van der Waals surface area contributed by atoms with Crippen LogP contribution in [-0.4, -0.2) is 0 Å². The molecule has 1 heterocycles. The molecular weight excluding hydrogens is 198 g/mol. The number of nitriles is 1. The van der Waals surface area contributed by atoms with Crippen LogP contribution in [0.25, 0.3) is 0 Å². The second-order valence-corrected chi connectivity index (χ2v) is 3.79. The third kappa shape index (κ3) is 1.54. The van der Waals surface area contributed by atoms with Gasteiger partial charge < -0.3 is 0 Å². The van der Waals surface area contributed by atoms with Crippen molar-refractivity contribution in [1.82, 2.24) is 0 Å². The molecule has 0 aliphatic rings. The number of hydrogen-bond acceptors (Lipinski definition) is 2. The highest BCUT2D eigenvalue weighted by atomic mass is 79.9. The van der Waals surface area contributed by atoms with Crippen LogP contribution in [0.15, 0.2) is 15.2 Å². The molecule has 9 heavy (non-hydrogen) atoms. The maximum atomic E-state index is 8.30. The Bertz CT molecular complexity index is 235. The van der Waals surface area contributed by atoms with Crippen molar-refractivity contribution in [2.24, 2.45) is 0 Å². The van der Waals surface area contributed by atoms with Crippen molar-refractivity contribution in [3.8, 4) is 6.07 Å². The Labute approximate surface area is 66.1 Å². The first-order chi connectivity index (χ1) is 4.34. The van der Waals surface area contributed by atoms with Gasteiger partial charge in [0.15, 0.2) is 0 Å². The summed E-state index contributed by atoms with van der Waals surface area (Å²) in [6.07, 6.45) is 0.504. The number of halogens is 1. The SMILES string of the molecule is N#CCc1ccsc1Br. The molecule has 0 aliphatic carbocycles. The summed E-state index contributed by atoms with van der Waals surface area (Å²) < 4.78 is 1.07. The van der Waals surface area contributed by atoms with Crippen LogP contribution in [0.2, 0.25) is 0 Å². The van der Waals surface area contributed by atoms with E-state index >= 15 is 0 Å². The lowest BCUT2D eigenvalue weighted by molar-refractivity contribution is 1.27. The monoisotopic (exact) mass is 201 g/mol. The molecule has 0 unspecified atom stereocenters. The first-order valence-electron chi connectivity index (χ1n) is 2.43. The zero-order valence-electron chi connectivity index (χ0n) is 4.60. The Hall–Kier alpha value is -0.330. The van der Waals surface area contributed by atoms with Gasteiger partial charge in [-0.15, -0.1) is 11.3 Å². The van der Waals surface area contributed by atoms with E-state index in [0.29, 0.717) is 6.42 Å². The fourth-order valence-corrected chi connectivity index (χ4v) is 1.77. The third-order valence-electron chi connectivity index (χ3n) is 0.963. The number of thiophene rings is 1. The minimum absolute atomic E-state index is 0.504. The first kappa shape index (κ1) is 6.79. The highest BCUT2D eigenvalue weighted by Gasteiger charge is 1.97. The topological polar surface area (TPSA) is 23.8 Å². The molecule has 0 bridgehead atoms. The summed E-state index contributed by atoms with van der Waals surface area (Å²) in [6, 6.07) is 4.04. The molecule has 46 valence electrons. The normalized spacial score (nSPS) is 8.89. The molecule has 0 amide bonds. The molecule has 0 aromatic carbocycles. The Balaban J connectivity index is 2.84. The molecule has 1 aromatic heterocycles. The summed E-state index contributed by atoms with van der Waals surface area (Å²) in [5, 5.41) is 10.3. The van der Waals surface area contributed by atoms with Gasteiger partial charge in [-0.2, -0.15) is 5.26 Å². The Morgan fingerprint density at radius 3 is 3.00 bits per heavy atom. The zero-order valence-corrected chi connectivity index (χ0v) is 7.00. The second-order valence-electron chi connectivity index (χ2n) is 1.55. The lowest BCUT2D eigenvalue weighted by Gasteiger charge is -1.84. The van der Waals surface area contributed by atoms with Crippen LogP contribution in [0.1, 0.15) is 5.56 Å². The van der Waals surface area contributed by atoms with Gasteiger partial charge in [0.05, 0.1) is 16.3 Å². The number of rotatable bonds is 1. The highest BCUT2D eigenvalue weighted by molar-refractivity contribution is 9.11. The quantitative estimate of drug-likeness (QED) is 0.686. The van der Waals surface area contributed by atoms with Crippen molar-refractivity contribution in [3.63, 3.8) is 0 Å². The Morgan fingerprint density at radius 1 is 1.78 bits per heavy atom. The summed E-state index contributed by atoms with van der Waals surface area (Å²) in [4.78, 5) is 0. The predicted molar refractivity (Wildman–Crippen MR) is 41.3 cm³/mol. The van der Waals surface area contributed by atoms with Gasteiger partial charge in [-0.1, -0.05) is 0 Å². The lowest BCUT2D eigenvalue weighted by atomic mass is 10.3. The van der Waals surface area contributed by atoms with Crippen molar-refractivity contribution in [1.29, 1.82) is 5.26 Å². The third-order valence-corrected chi connectivity index (χ3v) is 2.77. The lowest BCUT2D eigenvalue weighted by Crippen LogP contribution is -1.73. The maximum Gasteiger partial charge on any atom is 0.0740 e. The molecule has 0 radical (unpaired) electrons. The fraction of sp³-hybridized carbons (Fsp3) is 0.167. The molecule has 1 rings (SSSR count). The van der Waals surface area contributed by atoms with Crippen LogP contribution in [-0.2, 0) is 6.42 Å². The molecule has 0 spiro atoms. The Morgan fingerprint density at radius 2 is 2.56 bits per heavy atom. The molecule has 0 saturated heterocycles. The van der Waals surface area contributed by atoms with Crippen molar-refractivity contribution < 1.29 is 0 Å². The van der Waals surface area contributed by atoms with E-state index in [2.05, 4.69) is 22.0 Å². The van der Waals surface area contributed by atoms with Gasteiger partial charge in [0.25, 0.3) is 0 Å². The average Bonchev–Trinajstić information content (AvgIpc) is 2.18. The van der Waals surface area contributed by atoms with E-state index in [1.54, 1.807) is 11.3 Å². The number of nitrogens with zero attached hydrogens (tertiary/aromatic N) is 1. The molecule has 3 heteroatoms. The molecule has 1 nitrogen and oxygen atoms in total. The van der Waals surface area contributed by atoms with E-state index in [1.165, 1.54) is 0 Å². The fourth-order valence-electron chi connectivity index (χ4n) is 0.531. The van der Waals surface area contributed by atoms with E-state index < -0.39 is 0 Å². The minimum Gasteiger partial charge on any atom is -0.198 e. The zero-order chi connectivity index (χ0) is 6.69. The van der Waals surface area contributed by atoms with Gasteiger partial charge in [-0.05, 0) is 32.9 Å². The van der Waals surface area contributed by atoms with E-state index in [-0.39, 0.29) is 0 Å². The van der Waals surface area contributed by atoms with Crippen molar-refractivity contribution >= 4 is 27.3 Å². The summed E-state index contributed by atoms with van der Waals surface area (Å²) in [5.74, 6) is 0. The summed E-state index contributed by atoms with van der Waals surface area (Å²) in [7, 11) is 0. The van der Waals surface area contributed by atoms with Crippen LogP contribution in [0.3, 0.4) is 0 Å². The second kappa shape index (κ2) is 3.00. The van der Waals surface area contributed by atoms with Crippen LogP contribution in [0.5, 0.6) is 0 Å². The summed E-state index contributed by atoms with van der Waals surface area (Å²) >= 11 is 4.94. The molecular formula is C6H4BrNS. The van der Waals surface area contributed by atoms with Crippen LogP contribution >= 0.6 is 27.3 Å². The summed E-state index contributed by atoms with van der Waals surface area (Å²) in [5.41, 5.74) is 1.09. The molecule has 0 saturated carbocycles. The molecule has 0 N–H and O–H groups in total. The standard InChI is InChI=1S/C6H4BrNS/c7-6-5(1-3-8)2-4-9-6/h2,4H,1H2. The van der Waals surface area contributed by atoms with Gasteiger partial charge in [0.2, 0.25) is 0 Å². The minimum atomic E-state index is 0.504. The van der Waals surface area contributed by atoms with Crippen LogP contribution in [0.4, 0.5) is 0 Å². The van der Waals surface area contributed by atoms with Crippen LogP contribution < -0.4 is 0 Å². The first-order valence-corrected chi connectivity index (χ1v) is 4.10. The predicted octanol–water partition coefficient (Wildman–Crippen LogP) is 2.58. The smallest absolute Gasteiger partial charge is 0.0740 e. The Kier molecular flexibility index (Phi) is 2.26. The van der Waals surface area contributed by atoms with Gasteiger partial charge >= 0.3 is 0 Å². The molecule has 0 fully saturated rings. The van der Waals surface area contributed by atoms with Crippen molar-refractivity contribution in [2.45, 2.75) is 6.42 Å². The largest absolute Gasteiger partial charge is 0.198 e. The van der Waals surface area contributed by atoms with E-state index in [1.807, 2.05) is 11.4 Å². The van der Waals surface area contributed by atoms with E-state index in [9.17, 15) is 0 Å².